The fourth-order valence-corrected chi connectivity index (χ4v) is 1.69. The zero-order chi connectivity index (χ0) is 15.1. The molecule has 0 aromatic heterocycles. The first-order valence-corrected chi connectivity index (χ1v) is 6.32. The molecule has 20 heavy (non-hydrogen) atoms. The predicted octanol–water partition coefficient (Wildman–Crippen LogP) is 1.63. The number of nitrogens with zero attached hydrogens (tertiary/aromatic N) is 1. The maximum absolute atomic E-state index is 11.0. The number of benzene rings is 1. The van der Waals surface area contributed by atoms with E-state index in [1.54, 1.807) is 0 Å². The highest BCUT2D eigenvalue weighted by Gasteiger charge is 2.19. The molecule has 0 saturated heterocycles. The molecule has 8 heteroatoms. The molecule has 0 fully saturated rings. The monoisotopic (exact) mass is 301 g/mol. The van der Waals surface area contributed by atoms with Crippen LogP contribution in [0.4, 0.5) is 5.69 Å². The second-order valence-electron chi connectivity index (χ2n) is 3.72. The van der Waals surface area contributed by atoms with Gasteiger partial charge >= 0.3 is 5.97 Å². The maximum Gasteiger partial charge on any atom is 0.315 e. The third-order valence-electron chi connectivity index (χ3n) is 2.55. The highest BCUT2D eigenvalue weighted by atomic mass is 32.1. The van der Waals surface area contributed by atoms with Crippen molar-refractivity contribution in [1.29, 1.82) is 0 Å². The van der Waals surface area contributed by atoms with Crippen LogP contribution >= 0.6 is 12.6 Å². The summed E-state index contributed by atoms with van der Waals surface area (Å²) < 4.78 is 15.0. The zero-order valence-corrected chi connectivity index (χ0v) is 12.0. The molecule has 7 nitrogen and oxygen atoms in total. The first-order chi connectivity index (χ1) is 9.53. The largest absolute Gasteiger partial charge is 0.493 e. The first kappa shape index (κ1) is 16.1. The van der Waals surface area contributed by atoms with Gasteiger partial charge in [0.15, 0.2) is 11.5 Å². The number of carbonyl (C=O) groups excluding carboxylic acids is 1. The van der Waals surface area contributed by atoms with E-state index in [2.05, 4.69) is 12.6 Å². The molecule has 0 amide bonds. The molecular formula is C12H15NO6S. The van der Waals surface area contributed by atoms with Crippen molar-refractivity contribution < 1.29 is 23.9 Å². The Balaban J connectivity index is 2.97. The van der Waals surface area contributed by atoms with Gasteiger partial charge in [0.25, 0.3) is 5.69 Å². The number of hydrogen-bond donors (Lipinski definition) is 1. The summed E-state index contributed by atoms with van der Waals surface area (Å²) in [5.74, 6) is 0.147. The Morgan fingerprint density at radius 1 is 1.30 bits per heavy atom. The number of nitro groups is 1. The second-order valence-corrected chi connectivity index (χ2v) is 4.04. The molecule has 0 saturated carbocycles. The maximum atomic E-state index is 11.0. The van der Waals surface area contributed by atoms with E-state index < -0.39 is 10.9 Å². The molecule has 0 aliphatic heterocycles. The SMILES string of the molecule is COc1cc(CCOC(=O)CS)c([N+](=O)[O-])cc1OC. The van der Waals surface area contributed by atoms with Crippen LogP contribution in [0.15, 0.2) is 12.1 Å². The Hall–Kier alpha value is -1.96. The lowest BCUT2D eigenvalue weighted by Crippen LogP contribution is -2.09. The van der Waals surface area contributed by atoms with Crippen LogP contribution in [-0.2, 0) is 16.0 Å². The van der Waals surface area contributed by atoms with E-state index in [0.29, 0.717) is 11.3 Å². The van der Waals surface area contributed by atoms with Gasteiger partial charge in [-0.25, -0.2) is 0 Å². The quantitative estimate of drug-likeness (QED) is 0.356. The lowest BCUT2D eigenvalue weighted by Gasteiger charge is -2.10. The highest BCUT2D eigenvalue weighted by Crippen LogP contribution is 2.34. The fraction of sp³-hybridized carbons (Fsp3) is 0.417. The van der Waals surface area contributed by atoms with Crippen LogP contribution in [0, 0.1) is 10.1 Å². The molecular weight excluding hydrogens is 286 g/mol. The normalized spacial score (nSPS) is 9.95. The molecule has 110 valence electrons. The van der Waals surface area contributed by atoms with Crippen molar-refractivity contribution in [3.8, 4) is 11.5 Å². The lowest BCUT2D eigenvalue weighted by molar-refractivity contribution is -0.385. The number of thiol groups is 1. The molecule has 1 aromatic rings. The molecule has 0 bridgehead atoms. The van der Waals surface area contributed by atoms with Crippen LogP contribution in [0.25, 0.3) is 0 Å². The van der Waals surface area contributed by atoms with Crippen molar-refractivity contribution >= 4 is 24.3 Å². The van der Waals surface area contributed by atoms with Crippen LogP contribution in [0.1, 0.15) is 5.56 Å². The Bertz CT molecular complexity index is 505. The average molecular weight is 301 g/mol. The number of esters is 1. The van der Waals surface area contributed by atoms with Gasteiger partial charge in [-0.3, -0.25) is 14.9 Å². The number of carbonyl (C=O) groups is 1. The van der Waals surface area contributed by atoms with Crippen molar-refractivity contribution in [3.63, 3.8) is 0 Å². The fourth-order valence-electron chi connectivity index (χ4n) is 1.60. The van der Waals surface area contributed by atoms with E-state index >= 15 is 0 Å². The van der Waals surface area contributed by atoms with E-state index in [9.17, 15) is 14.9 Å². The minimum Gasteiger partial charge on any atom is -0.493 e. The molecule has 0 heterocycles. The van der Waals surface area contributed by atoms with Gasteiger partial charge in [0.2, 0.25) is 0 Å². The molecule has 0 radical (unpaired) electrons. The van der Waals surface area contributed by atoms with Crippen LogP contribution in [0.3, 0.4) is 0 Å². The van der Waals surface area contributed by atoms with Gasteiger partial charge in [-0.15, -0.1) is 0 Å². The summed E-state index contributed by atoms with van der Waals surface area (Å²) in [7, 11) is 2.84. The summed E-state index contributed by atoms with van der Waals surface area (Å²) in [6, 6.07) is 2.79. The number of ether oxygens (including phenoxy) is 3. The van der Waals surface area contributed by atoms with Crippen molar-refractivity contribution in [2.45, 2.75) is 6.42 Å². The topological polar surface area (TPSA) is 87.9 Å². The number of methoxy groups -OCH3 is 2. The summed E-state index contributed by atoms with van der Waals surface area (Å²) in [5.41, 5.74) is 0.296. The average Bonchev–Trinajstić information content (AvgIpc) is 2.45. The smallest absolute Gasteiger partial charge is 0.315 e. The number of hydrogen-bond acceptors (Lipinski definition) is 7. The number of nitro benzene ring substituents is 1. The van der Waals surface area contributed by atoms with E-state index in [4.69, 9.17) is 14.2 Å². The molecule has 0 atom stereocenters. The van der Waals surface area contributed by atoms with Gasteiger partial charge in [-0.05, 0) is 6.07 Å². The van der Waals surface area contributed by atoms with Crippen molar-refractivity contribution in [3.05, 3.63) is 27.8 Å². The number of rotatable bonds is 7. The van der Waals surface area contributed by atoms with Crippen molar-refractivity contribution in [2.24, 2.45) is 0 Å². The molecule has 0 aliphatic rings. The predicted molar refractivity (Wildman–Crippen MR) is 74.7 cm³/mol. The van der Waals surface area contributed by atoms with Crippen molar-refractivity contribution in [1.82, 2.24) is 0 Å². The van der Waals surface area contributed by atoms with Crippen LogP contribution < -0.4 is 9.47 Å². The van der Waals surface area contributed by atoms with Crippen LogP contribution in [0.2, 0.25) is 0 Å². The van der Waals surface area contributed by atoms with E-state index in [-0.39, 0.29) is 30.2 Å². The Kier molecular flexibility index (Phi) is 6.10. The van der Waals surface area contributed by atoms with Gasteiger partial charge in [-0.1, -0.05) is 0 Å². The Morgan fingerprint density at radius 3 is 2.40 bits per heavy atom. The zero-order valence-electron chi connectivity index (χ0n) is 11.1. The molecule has 1 aromatic carbocycles. The Labute approximate surface area is 121 Å². The molecule has 0 N–H and O–H groups in total. The molecule has 1 rings (SSSR count). The summed E-state index contributed by atoms with van der Waals surface area (Å²) in [6.45, 7) is 0.0374. The van der Waals surface area contributed by atoms with Crippen molar-refractivity contribution in [2.75, 3.05) is 26.6 Å². The lowest BCUT2D eigenvalue weighted by atomic mass is 10.1. The van der Waals surface area contributed by atoms with E-state index in [1.165, 1.54) is 26.4 Å². The van der Waals surface area contributed by atoms with Crippen LogP contribution in [-0.4, -0.2) is 37.5 Å². The summed E-state index contributed by atoms with van der Waals surface area (Å²) in [5, 5.41) is 11.0. The third-order valence-corrected chi connectivity index (χ3v) is 2.80. The molecule has 0 aliphatic carbocycles. The first-order valence-electron chi connectivity index (χ1n) is 5.69. The highest BCUT2D eigenvalue weighted by molar-refractivity contribution is 7.81. The standard InChI is InChI=1S/C12H15NO6S/c1-17-10-5-8(3-4-19-12(14)7-20)9(13(15)16)6-11(10)18-2/h5-6,20H,3-4,7H2,1-2H3. The molecule has 0 spiro atoms. The van der Waals surface area contributed by atoms with Gasteiger partial charge in [0.05, 0.1) is 37.6 Å². The van der Waals surface area contributed by atoms with Crippen LogP contribution in [0.5, 0.6) is 11.5 Å². The summed E-state index contributed by atoms with van der Waals surface area (Å²) in [6.07, 6.45) is 0.205. The van der Waals surface area contributed by atoms with E-state index in [1.807, 2.05) is 0 Å². The van der Waals surface area contributed by atoms with Gasteiger partial charge in [0.1, 0.15) is 0 Å². The van der Waals surface area contributed by atoms with E-state index in [0.717, 1.165) is 0 Å². The van der Waals surface area contributed by atoms with Gasteiger partial charge < -0.3 is 14.2 Å². The van der Waals surface area contributed by atoms with Gasteiger partial charge in [-0.2, -0.15) is 12.6 Å². The summed E-state index contributed by atoms with van der Waals surface area (Å²) in [4.78, 5) is 21.5. The minimum atomic E-state index is -0.516. The minimum absolute atomic E-state index is 0.0337. The Morgan fingerprint density at radius 2 is 1.90 bits per heavy atom. The third kappa shape index (κ3) is 4.02. The van der Waals surface area contributed by atoms with Gasteiger partial charge in [0, 0.05) is 12.0 Å². The molecule has 0 unspecified atom stereocenters. The summed E-state index contributed by atoms with van der Waals surface area (Å²) >= 11 is 3.77. The second kappa shape index (κ2) is 7.59.